The smallest absolute Gasteiger partial charge is 0.411 e. The SMILES string of the molecule is Cc1cc(Cl)nc(NC(=O)NS(=O)(=O)Oc2ccccc2C(=O)OCCI)n1. The zero-order chi connectivity index (χ0) is 20.7. The fourth-order valence-electron chi connectivity index (χ4n) is 1.88. The maximum absolute atomic E-state index is 12.1. The van der Waals surface area contributed by atoms with Gasteiger partial charge in [-0.2, -0.15) is 8.42 Å². The van der Waals surface area contributed by atoms with Crippen LogP contribution >= 0.6 is 34.2 Å². The van der Waals surface area contributed by atoms with Gasteiger partial charge >= 0.3 is 22.3 Å². The minimum absolute atomic E-state index is 0.0702. The van der Waals surface area contributed by atoms with Gasteiger partial charge in [0.1, 0.15) is 17.3 Å². The normalized spacial score (nSPS) is 10.8. The van der Waals surface area contributed by atoms with Crippen LogP contribution < -0.4 is 14.2 Å². The molecule has 0 aliphatic rings. The number of carbonyl (C=O) groups excluding carboxylic acids is 2. The largest absolute Gasteiger partial charge is 0.461 e. The average Bonchev–Trinajstić information content (AvgIpc) is 2.58. The maximum Gasteiger partial charge on any atom is 0.411 e. The van der Waals surface area contributed by atoms with Gasteiger partial charge in [-0.05, 0) is 25.1 Å². The van der Waals surface area contributed by atoms with Gasteiger partial charge in [0.25, 0.3) is 0 Å². The van der Waals surface area contributed by atoms with E-state index in [1.165, 1.54) is 30.3 Å². The number of anilines is 1. The van der Waals surface area contributed by atoms with E-state index in [9.17, 15) is 18.0 Å². The first kappa shape index (κ1) is 22.1. The van der Waals surface area contributed by atoms with E-state index in [4.69, 9.17) is 20.5 Å². The summed E-state index contributed by atoms with van der Waals surface area (Å²) in [6, 6.07) is 5.84. The number of amides is 2. The third-order valence-electron chi connectivity index (χ3n) is 2.88. The Kier molecular flexibility index (Phi) is 7.77. The van der Waals surface area contributed by atoms with Crippen molar-refractivity contribution in [1.29, 1.82) is 0 Å². The van der Waals surface area contributed by atoms with Gasteiger partial charge < -0.3 is 8.92 Å². The van der Waals surface area contributed by atoms with E-state index >= 15 is 0 Å². The molecular formula is C15H14ClIN4O6S. The molecule has 0 aliphatic carbocycles. The molecule has 2 rings (SSSR count). The van der Waals surface area contributed by atoms with Gasteiger partial charge in [-0.1, -0.05) is 46.3 Å². The molecule has 0 saturated carbocycles. The Morgan fingerprint density at radius 3 is 2.64 bits per heavy atom. The zero-order valence-electron chi connectivity index (χ0n) is 14.3. The number of rotatable bonds is 7. The number of nitrogens with one attached hydrogen (secondary N) is 2. The number of aryl methyl sites for hydroxylation is 1. The molecular weight excluding hydrogens is 527 g/mol. The predicted octanol–water partition coefficient (Wildman–Crippen LogP) is 2.48. The standard InChI is InChI=1S/C15H14ClIN4O6S/c1-9-8-12(16)19-14(18-9)20-15(23)21-28(24,25)27-11-5-3-2-4-10(11)13(22)26-7-6-17/h2-5,8H,6-7H2,1H3,(H2,18,19,20,21,23). The highest BCUT2D eigenvalue weighted by Crippen LogP contribution is 2.20. The summed E-state index contributed by atoms with van der Waals surface area (Å²) < 4.78 is 36.2. The lowest BCUT2D eigenvalue weighted by Crippen LogP contribution is -2.37. The fourth-order valence-corrected chi connectivity index (χ4v) is 3.04. The molecule has 0 saturated heterocycles. The topological polar surface area (TPSA) is 137 Å². The van der Waals surface area contributed by atoms with E-state index in [1.54, 1.807) is 11.6 Å². The van der Waals surface area contributed by atoms with E-state index in [-0.39, 0.29) is 29.0 Å². The summed E-state index contributed by atoms with van der Waals surface area (Å²) in [7, 11) is -4.61. The maximum atomic E-state index is 12.1. The summed E-state index contributed by atoms with van der Waals surface area (Å²) in [4.78, 5) is 31.5. The number of hydrogen-bond acceptors (Lipinski definition) is 8. The zero-order valence-corrected chi connectivity index (χ0v) is 18.0. The van der Waals surface area contributed by atoms with Gasteiger partial charge in [-0.15, -0.1) is 0 Å². The molecule has 1 aromatic heterocycles. The van der Waals surface area contributed by atoms with Crippen LogP contribution in [-0.2, 0) is 15.0 Å². The number of ether oxygens (including phenoxy) is 1. The Balaban J connectivity index is 2.09. The molecule has 10 nitrogen and oxygen atoms in total. The minimum Gasteiger partial charge on any atom is -0.461 e. The Bertz CT molecular complexity index is 968. The number of carbonyl (C=O) groups is 2. The first-order valence-corrected chi connectivity index (χ1v) is 10.9. The number of halogens is 2. The lowest BCUT2D eigenvalue weighted by atomic mass is 10.2. The third-order valence-corrected chi connectivity index (χ3v) is 4.35. The van der Waals surface area contributed by atoms with E-state index in [1.807, 2.05) is 22.6 Å². The van der Waals surface area contributed by atoms with Crippen LogP contribution in [0.2, 0.25) is 5.15 Å². The van der Waals surface area contributed by atoms with Crippen molar-refractivity contribution < 1.29 is 26.9 Å². The summed E-state index contributed by atoms with van der Waals surface area (Å²) in [6.45, 7) is 1.77. The Hall–Kier alpha value is -2.19. The number of hydrogen-bond donors (Lipinski definition) is 2. The summed E-state index contributed by atoms with van der Waals surface area (Å²) in [5.74, 6) is -1.24. The van der Waals surface area contributed by atoms with Crippen LogP contribution in [-0.4, -0.2) is 41.4 Å². The van der Waals surface area contributed by atoms with Crippen molar-refractivity contribution in [3.63, 3.8) is 0 Å². The van der Waals surface area contributed by atoms with Crippen LogP contribution in [0.1, 0.15) is 16.1 Å². The second-order valence-corrected chi connectivity index (χ2v) is 7.82. The van der Waals surface area contributed by atoms with Crippen LogP contribution in [0.25, 0.3) is 0 Å². The average molecular weight is 541 g/mol. The number of urea groups is 1. The summed E-state index contributed by atoms with van der Waals surface area (Å²) in [5, 5.41) is 2.19. The number of alkyl halides is 1. The van der Waals surface area contributed by atoms with Crippen LogP contribution in [0.3, 0.4) is 0 Å². The van der Waals surface area contributed by atoms with Gasteiger partial charge in [0.2, 0.25) is 5.95 Å². The van der Waals surface area contributed by atoms with Crippen molar-refractivity contribution in [2.75, 3.05) is 16.4 Å². The molecule has 1 aromatic carbocycles. The molecule has 2 aromatic rings. The molecule has 150 valence electrons. The lowest BCUT2D eigenvalue weighted by Gasteiger charge is -2.11. The molecule has 1 heterocycles. The molecule has 13 heteroatoms. The van der Waals surface area contributed by atoms with Gasteiger partial charge in [-0.25, -0.2) is 24.3 Å². The first-order chi connectivity index (χ1) is 13.2. The van der Waals surface area contributed by atoms with E-state index < -0.39 is 22.3 Å². The first-order valence-electron chi connectivity index (χ1n) is 7.56. The highest BCUT2D eigenvalue weighted by Gasteiger charge is 2.22. The molecule has 0 atom stereocenters. The van der Waals surface area contributed by atoms with Crippen molar-refractivity contribution in [2.24, 2.45) is 0 Å². The number of esters is 1. The molecule has 28 heavy (non-hydrogen) atoms. The van der Waals surface area contributed by atoms with Gasteiger partial charge in [0.15, 0.2) is 5.75 Å². The number of nitrogens with zero attached hydrogens (tertiary/aromatic N) is 2. The van der Waals surface area contributed by atoms with Crippen LogP contribution in [0.15, 0.2) is 30.3 Å². The monoisotopic (exact) mass is 540 g/mol. The fraction of sp³-hybridized carbons (Fsp3) is 0.200. The van der Waals surface area contributed by atoms with Gasteiger partial charge in [0.05, 0.1) is 0 Å². The number of para-hydroxylation sites is 1. The van der Waals surface area contributed by atoms with Gasteiger partial charge in [-0.3, -0.25) is 5.32 Å². The van der Waals surface area contributed by atoms with E-state index in [2.05, 4.69) is 15.3 Å². The van der Waals surface area contributed by atoms with Crippen molar-refractivity contribution in [2.45, 2.75) is 6.92 Å². The van der Waals surface area contributed by atoms with Crippen molar-refractivity contribution in [3.8, 4) is 5.75 Å². The number of aromatic nitrogens is 2. The van der Waals surface area contributed by atoms with Crippen LogP contribution in [0, 0.1) is 6.92 Å². The van der Waals surface area contributed by atoms with Crippen molar-refractivity contribution in [1.82, 2.24) is 14.7 Å². The van der Waals surface area contributed by atoms with Crippen molar-refractivity contribution in [3.05, 3.63) is 46.7 Å². The highest BCUT2D eigenvalue weighted by molar-refractivity contribution is 14.1. The van der Waals surface area contributed by atoms with Crippen molar-refractivity contribution >= 4 is 62.4 Å². The summed E-state index contributed by atoms with van der Waals surface area (Å²) >= 11 is 7.77. The Labute approximate surface area is 179 Å². The third kappa shape index (κ3) is 6.76. The predicted molar refractivity (Wildman–Crippen MR) is 109 cm³/mol. The molecule has 0 bridgehead atoms. The second-order valence-electron chi connectivity index (χ2n) is 5.07. The summed E-state index contributed by atoms with van der Waals surface area (Å²) in [6.07, 6.45) is 0. The van der Waals surface area contributed by atoms with E-state index in [0.29, 0.717) is 10.1 Å². The quantitative estimate of drug-likeness (QED) is 0.237. The molecule has 0 fully saturated rings. The molecule has 2 amide bonds. The molecule has 0 spiro atoms. The molecule has 0 aliphatic heterocycles. The van der Waals surface area contributed by atoms with Crippen LogP contribution in [0.4, 0.5) is 10.7 Å². The molecule has 0 unspecified atom stereocenters. The highest BCUT2D eigenvalue weighted by atomic mass is 127. The van der Waals surface area contributed by atoms with E-state index in [0.717, 1.165) is 0 Å². The Morgan fingerprint density at radius 2 is 1.96 bits per heavy atom. The second kappa shape index (κ2) is 9.84. The molecule has 0 radical (unpaired) electrons. The lowest BCUT2D eigenvalue weighted by molar-refractivity contribution is 0.0531. The summed E-state index contributed by atoms with van der Waals surface area (Å²) in [5.41, 5.74) is 0.361. The van der Waals surface area contributed by atoms with Crippen LogP contribution in [0.5, 0.6) is 5.75 Å². The number of benzene rings is 1. The Morgan fingerprint density at radius 1 is 1.25 bits per heavy atom. The molecule has 2 N–H and O–H groups in total. The van der Waals surface area contributed by atoms with Gasteiger partial charge in [0, 0.05) is 10.1 Å². The minimum atomic E-state index is -4.61.